The van der Waals surface area contributed by atoms with Crippen LogP contribution in [0.3, 0.4) is 0 Å². The van der Waals surface area contributed by atoms with Crippen molar-refractivity contribution in [1.82, 2.24) is 4.90 Å². The second-order valence-electron chi connectivity index (χ2n) is 7.50. The number of hydrogen-bond acceptors (Lipinski definition) is 5. The van der Waals surface area contributed by atoms with Crippen molar-refractivity contribution >= 4 is 35.2 Å². The van der Waals surface area contributed by atoms with Gasteiger partial charge in [0.25, 0.3) is 5.91 Å². The zero-order valence-electron chi connectivity index (χ0n) is 17.3. The lowest BCUT2D eigenvalue weighted by atomic mass is 10.0. The number of carbonyl (C=O) groups is 3. The van der Waals surface area contributed by atoms with Crippen molar-refractivity contribution in [3.8, 4) is 0 Å². The standard InChI is InChI=1S/C23H25FN2O4S/c1-16-5-4-12-26(13-16)22(28)14-30-23(29)19-6-2-3-7-20(19)31-15-21(27)25-18-10-8-17(24)9-11-18/h2-3,6-11,16H,4-5,12-15H2,1H3,(H,25,27). The summed E-state index contributed by atoms with van der Waals surface area (Å²) in [5.41, 5.74) is 0.798. The number of thioether (sulfide) groups is 1. The molecule has 1 heterocycles. The molecule has 0 radical (unpaired) electrons. The Bertz CT molecular complexity index is 935. The Kier molecular flexibility index (Phi) is 8.06. The summed E-state index contributed by atoms with van der Waals surface area (Å²) in [6.07, 6.45) is 2.06. The van der Waals surface area contributed by atoms with E-state index in [1.54, 1.807) is 29.2 Å². The smallest absolute Gasteiger partial charge is 0.339 e. The molecule has 1 fully saturated rings. The van der Waals surface area contributed by atoms with Crippen molar-refractivity contribution < 1.29 is 23.5 Å². The lowest BCUT2D eigenvalue weighted by Crippen LogP contribution is -2.41. The fourth-order valence-electron chi connectivity index (χ4n) is 3.35. The number of esters is 1. The molecule has 3 rings (SSSR count). The highest BCUT2D eigenvalue weighted by molar-refractivity contribution is 8.00. The van der Waals surface area contributed by atoms with Gasteiger partial charge in [0.2, 0.25) is 5.91 Å². The van der Waals surface area contributed by atoms with Crippen molar-refractivity contribution in [1.29, 1.82) is 0 Å². The van der Waals surface area contributed by atoms with Gasteiger partial charge in [0.15, 0.2) is 6.61 Å². The minimum absolute atomic E-state index is 0.0618. The van der Waals surface area contributed by atoms with Gasteiger partial charge in [-0.25, -0.2) is 9.18 Å². The predicted octanol–water partition coefficient (Wildman–Crippen LogP) is 3.97. The fourth-order valence-corrected chi connectivity index (χ4v) is 4.19. The highest BCUT2D eigenvalue weighted by Crippen LogP contribution is 2.24. The van der Waals surface area contributed by atoms with Gasteiger partial charge in [-0.3, -0.25) is 9.59 Å². The molecule has 0 bridgehead atoms. The Morgan fingerprint density at radius 3 is 2.65 bits per heavy atom. The van der Waals surface area contributed by atoms with Crippen molar-refractivity contribution in [3.63, 3.8) is 0 Å². The first-order chi connectivity index (χ1) is 14.9. The maximum atomic E-state index is 13.0. The predicted molar refractivity (Wildman–Crippen MR) is 117 cm³/mol. The summed E-state index contributed by atoms with van der Waals surface area (Å²) in [5, 5.41) is 2.68. The molecule has 0 spiro atoms. The monoisotopic (exact) mass is 444 g/mol. The van der Waals surface area contributed by atoms with E-state index >= 15 is 0 Å². The van der Waals surface area contributed by atoms with Gasteiger partial charge in [-0.15, -0.1) is 11.8 Å². The van der Waals surface area contributed by atoms with Gasteiger partial charge in [0, 0.05) is 23.7 Å². The second-order valence-corrected chi connectivity index (χ2v) is 8.52. The van der Waals surface area contributed by atoms with Gasteiger partial charge in [0.05, 0.1) is 11.3 Å². The molecule has 2 amide bonds. The molecule has 0 saturated carbocycles. The number of likely N-dealkylation sites (tertiary alicyclic amines) is 1. The molecule has 31 heavy (non-hydrogen) atoms. The Balaban J connectivity index is 1.52. The van der Waals surface area contributed by atoms with Crippen LogP contribution in [0.15, 0.2) is 53.4 Å². The van der Waals surface area contributed by atoms with E-state index in [1.807, 2.05) is 0 Å². The first-order valence-corrected chi connectivity index (χ1v) is 11.1. The normalized spacial score (nSPS) is 15.9. The van der Waals surface area contributed by atoms with Gasteiger partial charge in [0.1, 0.15) is 5.82 Å². The van der Waals surface area contributed by atoms with Crippen molar-refractivity contribution in [2.24, 2.45) is 5.92 Å². The van der Waals surface area contributed by atoms with Crippen LogP contribution in [0.4, 0.5) is 10.1 Å². The van der Waals surface area contributed by atoms with Crippen LogP contribution in [0.25, 0.3) is 0 Å². The first kappa shape index (κ1) is 22.8. The minimum atomic E-state index is -0.597. The van der Waals surface area contributed by atoms with Crippen LogP contribution < -0.4 is 5.32 Å². The molecule has 1 aliphatic heterocycles. The molecule has 164 valence electrons. The van der Waals surface area contributed by atoms with E-state index in [1.165, 1.54) is 36.0 Å². The fraction of sp³-hybridized carbons (Fsp3) is 0.348. The van der Waals surface area contributed by atoms with Crippen LogP contribution in [0.2, 0.25) is 0 Å². The summed E-state index contributed by atoms with van der Waals surface area (Å²) in [6.45, 7) is 3.18. The third kappa shape index (κ3) is 6.82. The number of nitrogens with zero attached hydrogens (tertiary/aromatic N) is 1. The Morgan fingerprint density at radius 1 is 1.16 bits per heavy atom. The van der Waals surface area contributed by atoms with Gasteiger partial charge < -0.3 is 15.0 Å². The number of amides is 2. The van der Waals surface area contributed by atoms with E-state index in [2.05, 4.69) is 12.2 Å². The molecule has 1 saturated heterocycles. The second kappa shape index (κ2) is 10.9. The maximum absolute atomic E-state index is 13.0. The number of nitrogens with one attached hydrogen (secondary N) is 1. The minimum Gasteiger partial charge on any atom is -0.452 e. The van der Waals surface area contributed by atoms with Gasteiger partial charge in [-0.05, 0) is 55.2 Å². The van der Waals surface area contributed by atoms with Crippen LogP contribution in [0.1, 0.15) is 30.1 Å². The number of rotatable bonds is 7. The number of anilines is 1. The van der Waals surface area contributed by atoms with E-state index in [0.29, 0.717) is 35.2 Å². The summed E-state index contributed by atoms with van der Waals surface area (Å²) in [4.78, 5) is 39.4. The largest absolute Gasteiger partial charge is 0.452 e. The van der Waals surface area contributed by atoms with Crippen molar-refractivity contribution in [2.75, 3.05) is 30.8 Å². The number of benzene rings is 2. The van der Waals surface area contributed by atoms with Crippen molar-refractivity contribution in [2.45, 2.75) is 24.7 Å². The van der Waals surface area contributed by atoms with Crippen LogP contribution in [-0.2, 0) is 14.3 Å². The average Bonchev–Trinajstić information content (AvgIpc) is 2.77. The zero-order valence-corrected chi connectivity index (χ0v) is 18.1. The van der Waals surface area contributed by atoms with E-state index < -0.39 is 5.97 Å². The number of ether oxygens (including phenoxy) is 1. The number of carbonyl (C=O) groups excluding carboxylic acids is 3. The maximum Gasteiger partial charge on any atom is 0.339 e. The topological polar surface area (TPSA) is 75.7 Å². The molecule has 1 N–H and O–H groups in total. The van der Waals surface area contributed by atoms with Gasteiger partial charge in [-0.2, -0.15) is 0 Å². The Morgan fingerprint density at radius 2 is 1.90 bits per heavy atom. The van der Waals surface area contributed by atoms with E-state index in [-0.39, 0.29) is 30.0 Å². The summed E-state index contributed by atoms with van der Waals surface area (Å²) >= 11 is 1.19. The van der Waals surface area contributed by atoms with Crippen LogP contribution in [-0.4, -0.2) is 48.1 Å². The molecule has 1 aliphatic rings. The number of hydrogen-bond donors (Lipinski definition) is 1. The van der Waals surface area contributed by atoms with Crippen LogP contribution >= 0.6 is 11.8 Å². The van der Waals surface area contributed by atoms with Gasteiger partial charge >= 0.3 is 5.97 Å². The molecule has 2 aromatic carbocycles. The van der Waals surface area contributed by atoms with Gasteiger partial charge in [-0.1, -0.05) is 19.1 Å². The third-order valence-corrected chi connectivity index (χ3v) is 6.00. The van der Waals surface area contributed by atoms with Crippen LogP contribution in [0.5, 0.6) is 0 Å². The SMILES string of the molecule is CC1CCCN(C(=O)COC(=O)c2ccccc2SCC(=O)Nc2ccc(F)cc2)C1. The summed E-state index contributed by atoms with van der Waals surface area (Å²) < 4.78 is 18.2. The highest BCUT2D eigenvalue weighted by atomic mass is 32.2. The summed E-state index contributed by atoms with van der Waals surface area (Å²) in [7, 11) is 0. The van der Waals surface area contributed by atoms with Crippen molar-refractivity contribution in [3.05, 3.63) is 59.9 Å². The zero-order chi connectivity index (χ0) is 22.2. The summed E-state index contributed by atoms with van der Waals surface area (Å²) in [5.74, 6) is -0.940. The summed E-state index contributed by atoms with van der Waals surface area (Å²) in [6, 6.07) is 12.3. The van der Waals surface area contributed by atoms with E-state index in [0.717, 1.165) is 12.8 Å². The van der Waals surface area contributed by atoms with E-state index in [9.17, 15) is 18.8 Å². The average molecular weight is 445 g/mol. The first-order valence-electron chi connectivity index (χ1n) is 10.1. The highest BCUT2D eigenvalue weighted by Gasteiger charge is 2.22. The molecular formula is C23H25FN2O4S. The van der Waals surface area contributed by atoms with E-state index in [4.69, 9.17) is 4.74 Å². The molecule has 0 aliphatic carbocycles. The molecule has 1 unspecified atom stereocenters. The molecule has 0 aromatic heterocycles. The lowest BCUT2D eigenvalue weighted by molar-refractivity contribution is -0.136. The number of piperidine rings is 1. The van der Waals surface area contributed by atoms with Crippen LogP contribution in [0, 0.1) is 11.7 Å². The third-order valence-electron chi connectivity index (χ3n) is 4.93. The quantitative estimate of drug-likeness (QED) is 0.517. The Labute approximate surface area is 185 Å². The molecule has 2 aromatic rings. The lowest BCUT2D eigenvalue weighted by Gasteiger charge is -2.30. The molecular weight excluding hydrogens is 419 g/mol. The molecule has 1 atom stereocenters. The molecule has 6 nitrogen and oxygen atoms in total. The molecule has 8 heteroatoms. The number of halogens is 1. The Hall–Kier alpha value is -2.87.